The Morgan fingerprint density at radius 2 is 2.45 bits per heavy atom. The minimum absolute atomic E-state index is 0.496. The molecule has 1 atom stereocenters. The quantitative estimate of drug-likeness (QED) is 0.688. The number of nitrogens with zero attached hydrogens (tertiary/aromatic N) is 2. The van der Waals surface area contributed by atoms with E-state index >= 15 is 0 Å². The summed E-state index contributed by atoms with van der Waals surface area (Å²) >= 11 is 0. The molecule has 0 amide bonds. The van der Waals surface area contributed by atoms with Gasteiger partial charge in [-0.25, -0.2) is 4.98 Å². The van der Waals surface area contributed by atoms with Crippen LogP contribution >= 0.6 is 0 Å². The minimum atomic E-state index is 0.496. The number of hydrogen-bond donors (Lipinski definition) is 1. The van der Waals surface area contributed by atoms with Gasteiger partial charge >= 0.3 is 0 Å². The number of hydrogen-bond acceptors (Lipinski definition) is 2. The fourth-order valence-electron chi connectivity index (χ4n) is 0.969. The third-order valence-corrected chi connectivity index (χ3v) is 1.90. The topological polar surface area (TPSA) is 29.9 Å². The lowest BCUT2D eigenvalue weighted by atomic mass is 10.2. The first-order chi connectivity index (χ1) is 5.24. The lowest BCUT2D eigenvalue weighted by Gasteiger charge is -2.08. The maximum absolute atomic E-state index is 4.23. The van der Waals surface area contributed by atoms with Crippen molar-refractivity contribution in [1.29, 1.82) is 0 Å². The molecule has 0 spiro atoms. The van der Waals surface area contributed by atoms with Crippen molar-refractivity contribution in [3.63, 3.8) is 0 Å². The molecule has 1 rings (SSSR count). The molecule has 0 aliphatic carbocycles. The summed E-state index contributed by atoms with van der Waals surface area (Å²) in [5.74, 6) is 1.13. The highest BCUT2D eigenvalue weighted by molar-refractivity contribution is 4.93. The van der Waals surface area contributed by atoms with Crippen LogP contribution in [0.5, 0.6) is 0 Å². The molecule has 0 fully saturated rings. The Bertz CT molecular complexity index is 217. The Morgan fingerprint density at radius 1 is 1.73 bits per heavy atom. The third-order valence-electron chi connectivity index (χ3n) is 1.90. The second kappa shape index (κ2) is 3.53. The first-order valence-electron chi connectivity index (χ1n) is 3.87. The molecule has 11 heavy (non-hydrogen) atoms. The predicted octanol–water partition coefficient (Wildman–Crippen LogP) is 0.570. The van der Waals surface area contributed by atoms with Gasteiger partial charge in [-0.3, -0.25) is 0 Å². The monoisotopic (exact) mass is 153 g/mol. The predicted molar refractivity (Wildman–Crippen MR) is 45.4 cm³/mol. The van der Waals surface area contributed by atoms with Gasteiger partial charge in [-0.1, -0.05) is 0 Å². The van der Waals surface area contributed by atoms with E-state index in [0.717, 1.165) is 12.2 Å². The number of likely N-dealkylation sites (N-methyl/N-ethyl adjacent to an activating group) is 1. The van der Waals surface area contributed by atoms with Gasteiger partial charge in [0.2, 0.25) is 0 Å². The maximum atomic E-state index is 4.23. The third kappa shape index (κ3) is 2.05. The summed E-state index contributed by atoms with van der Waals surface area (Å²) < 4.78 is 2.05. The Labute approximate surface area is 67.4 Å². The maximum Gasteiger partial charge on any atom is 0.109 e. The Hall–Kier alpha value is -0.830. The standard InChI is InChI=1S/C8H15N3/c1-7(9-2)6-8-10-4-5-11(8)3/h4-5,7,9H,6H2,1-3H3. The van der Waals surface area contributed by atoms with Crippen LogP contribution in [0.3, 0.4) is 0 Å². The van der Waals surface area contributed by atoms with Crippen molar-refractivity contribution < 1.29 is 0 Å². The molecule has 0 bridgehead atoms. The molecule has 1 aromatic heterocycles. The van der Waals surface area contributed by atoms with Crippen LogP contribution in [0.4, 0.5) is 0 Å². The van der Waals surface area contributed by atoms with E-state index in [1.54, 1.807) is 0 Å². The van der Waals surface area contributed by atoms with Crippen LogP contribution in [-0.2, 0) is 13.5 Å². The molecule has 0 aromatic carbocycles. The second-order valence-corrected chi connectivity index (χ2v) is 2.85. The van der Waals surface area contributed by atoms with Crippen LogP contribution < -0.4 is 5.32 Å². The molecule has 0 saturated carbocycles. The summed E-state index contributed by atoms with van der Waals surface area (Å²) in [5.41, 5.74) is 0. The van der Waals surface area contributed by atoms with Crippen molar-refractivity contribution in [2.24, 2.45) is 7.05 Å². The van der Waals surface area contributed by atoms with Crippen molar-refractivity contribution in [2.45, 2.75) is 19.4 Å². The van der Waals surface area contributed by atoms with Gasteiger partial charge in [0.25, 0.3) is 0 Å². The SMILES string of the molecule is CNC(C)Cc1nccn1C. The van der Waals surface area contributed by atoms with E-state index in [-0.39, 0.29) is 0 Å². The Morgan fingerprint density at radius 3 is 2.91 bits per heavy atom. The minimum Gasteiger partial charge on any atom is -0.338 e. The van der Waals surface area contributed by atoms with E-state index in [2.05, 4.69) is 17.2 Å². The van der Waals surface area contributed by atoms with Gasteiger partial charge in [-0.15, -0.1) is 0 Å². The number of imidazole rings is 1. The van der Waals surface area contributed by atoms with Crippen molar-refractivity contribution in [1.82, 2.24) is 14.9 Å². The normalized spacial score (nSPS) is 13.4. The van der Waals surface area contributed by atoms with Gasteiger partial charge in [0.15, 0.2) is 0 Å². The molecule has 0 saturated heterocycles. The molecule has 0 aliphatic heterocycles. The molecule has 1 N–H and O–H groups in total. The molecular formula is C8H15N3. The van der Waals surface area contributed by atoms with Crippen LogP contribution in [0.25, 0.3) is 0 Å². The summed E-state index contributed by atoms with van der Waals surface area (Å²) in [6.07, 6.45) is 4.79. The highest BCUT2D eigenvalue weighted by Crippen LogP contribution is 1.98. The molecular weight excluding hydrogens is 138 g/mol. The highest BCUT2D eigenvalue weighted by atomic mass is 15.0. The van der Waals surface area contributed by atoms with Crippen molar-refractivity contribution in [3.8, 4) is 0 Å². The fraction of sp³-hybridized carbons (Fsp3) is 0.625. The zero-order valence-electron chi connectivity index (χ0n) is 7.33. The summed E-state index contributed by atoms with van der Waals surface area (Å²) in [4.78, 5) is 4.23. The lowest BCUT2D eigenvalue weighted by molar-refractivity contribution is 0.579. The Balaban J connectivity index is 2.56. The highest BCUT2D eigenvalue weighted by Gasteiger charge is 2.03. The van der Waals surface area contributed by atoms with Gasteiger partial charge in [0, 0.05) is 31.9 Å². The molecule has 3 heteroatoms. The molecule has 1 heterocycles. The summed E-state index contributed by atoms with van der Waals surface area (Å²) in [6.45, 7) is 2.15. The van der Waals surface area contributed by atoms with E-state index in [1.807, 2.05) is 31.1 Å². The van der Waals surface area contributed by atoms with Crippen LogP contribution in [0.1, 0.15) is 12.7 Å². The number of aromatic nitrogens is 2. The molecule has 0 radical (unpaired) electrons. The largest absolute Gasteiger partial charge is 0.338 e. The van der Waals surface area contributed by atoms with Crippen molar-refractivity contribution in [3.05, 3.63) is 18.2 Å². The van der Waals surface area contributed by atoms with Crippen LogP contribution in [-0.4, -0.2) is 22.6 Å². The van der Waals surface area contributed by atoms with Gasteiger partial charge in [0.05, 0.1) is 0 Å². The number of nitrogens with one attached hydrogen (secondary N) is 1. The van der Waals surface area contributed by atoms with E-state index in [1.165, 1.54) is 0 Å². The van der Waals surface area contributed by atoms with Gasteiger partial charge in [-0.05, 0) is 14.0 Å². The van der Waals surface area contributed by atoms with Gasteiger partial charge < -0.3 is 9.88 Å². The number of aryl methyl sites for hydroxylation is 1. The fourth-order valence-corrected chi connectivity index (χ4v) is 0.969. The van der Waals surface area contributed by atoms with Gasteiger partial charge in [-0.2, -0.15) is 0 Å². The molecule has 3 nitrogen and oxygen atoms in total. The van der Waals surface area contributed by atoms with Crippen LogP contribution in [0.2, 0.25) is 0 Å². The molecule has 62 valence electrons. The van der Waals surface area contributed by atoms with Crippen molar-refractivity contribution in [2.75, 3.05) is 7.05 Å². The zero-order chi connectivity index (χ0) is 8.27. The first-order valence-corrected chi connectivity index (χ1v) is 3.87. The average molecular weight is 153 g/mol. The van der Waals surface area contributed by atoms with Gasteiger partial charge in [0.1, 0.15) is 5.82 Å². The average Bonchev–Trinajstić information content (AvgIpc) is 2.37. The summed E-state index contributed by atoms with van der Waals surface area (Å²) in [7, 11) is 3.98. The Kier molecular flexibility index (Phi) is 2.65. The smallest absolute Gasteiger partial charge is 0.109 e. The summed E-state index contributed by atoms with van der Waals surface area (Å²) in [6, 6.07) is 0.496. The first kappa shape index (κ1) is 8.27. The van der Waals surface area contributed by atoms with Crippen LogP contribution in [0, 0.1) is 0 Å². The summed E-state index contributed by atoms with van der Waals surface area (Å²) in [5, 5.41) is 3.18. The number of rotatable bonds is 3. The van der Waals surface area contributed by atoms with E-state index in [0.29, 0.717) is 6.04 Å². The molecule has 1 aromatic rings. The van der Waals surface area contributed by atoms with E-state index < -0.39 is 0 Å². The second-order valence-electron chi connectivity index (χ2n) is 2.85. The lowest BCUT2D eigenvalue weighted by Crippen LogP contribution is -2.24. The molecule has 1 unspecified atom stereocenters. The van der Waals surface area contributed by atoms with Crippen LogP contribution in [0.15, 0.2) is 12.4 Å². The van der Waals surface area contributed by atoms with E-state index in [9.17, 15) is 0 Å². The zero-order valence-corrected chi connectivity index (χ0v) is 7.33. The van der Waals surface area contributed by atoms with E-state index in [4.69, 9.17) is 0 Å². The molecule has 0 aliphatic rings. The van der Waals surface area contributed by atoms with Crippen molar-refractivity contribution >= 4 is 0 Å².